The van der Waals surface area contributed by atoms with Crippen molar-refractivity contribution >= 4 is 21.6 Å². The Labute approximate surface area is 78.0 Å². The summed E-state index contributed by atoms with van der Waals surface area (Å²) in [6, 6.07) is 0. The molecule has 0 spiro atoms. The van der Waals surface area contributed by atoms with Crippen molar-refractivity contribution < 1.29 is 8.42 Å². The number of hydrogen-bond donors (Lipinski definition) is 1. The van der Waals surface area contributed by atoms with Crippen LogP contribution in [0.5, 0.6) is 0 Å². The van der Waals surface area contributed by atoms with E-state index in [2.05, 4.69) is 0 Å². The fourth-order valence-electron chi connectivity index (χ4n) is 1.25. The molecular formula is C7H15NO2S2. The first-order chi connectivity index (χ1) is 5.53. The second-order valence-electron chi connectivity index (χ2n) is 3.21. The Hall–Kier alpha value is 0.260. The molecule has 1 aliphatic rings. The van der Waals surface area contributed by atoms with Gasteiger partial charge in [-0.15, -0.1) is 0 Å². The van der Waals surface area contributed by atoms with Gasteiger partial charge in [0.2, 0.25) is 0 Å². The van der Waals surface area contributed by atoms with Gasteiger partial charge in [0.15, 0.2) is 9.84 Å². The highest BCUT2D eigenvalue weighted by Gasteiger charge is 2.28. The Morgan fingerprint density at radius 3 is 2.75 bits per heavy atom. The van der Waals surface area contributed by atoms with Gasteiger partial charge in [-0.25, -0.2) is 8.42 Å². The van der Waals surface area contributed by atoms with Gasteiger partial charge in [0.05, 0.1) is 11.5 Å². The summed E-state index contributed by atoms with van der Waals surface area (Å²) in [4.78, 5) is 0. The van der Waals surface area contributed by atoms with Crippen molar-refractivity contribution in [2.24, 2.45) is 5.73 Å². The molecule has 3 nitrogen and oxygen atoms in total. The van der Waals surface area contributed by atoms with Gasteiger partial charge in [0, 0.05) is 17.0 Å². The predicted molar refractivity (Wildman–Crippen MR) is 53.2 cm³/mol. The summed E-state index contributed by atoms with van der Waals surface area (Å²) in [6.07, 6.45) is 0.803. The first kappa shape index (κ1) is 10.3. The lowest BCUT2D eigenvalue weighted by Crippen LogP contribution is -2.17. The van der Waals surface area contributed by atoms with Crippen LogP contribution in [0.15, 0.2) is 0 Å². The fourth-order valence-corrected chi connectivity index (χ4v) is 4.90. The molecule has 0 aromatic heterocycles. The second kappa shape index (κ2) is 3.98. The Bertz CT molecular complexity index is 238. The normalized spacial score (nSPS) is 30.3. The molecule has 2 N–H and O–H groups in total. The summed E-state index contributed by atoms with van der Waals surface area (Å²) < 4.78 is 22.1. The molecule has 2 unspecified atom stereocenters. The summed E-state index contributed by atoms with van der Waals surface area (Å²) in [5.41, 5.74) is 5.45. The highest BCUT2D eigenvalue weighted by atomic mass is 32.2. The minimum absolute atomic E-state index is 0.286. The summed E-state index contributed by atoms with van der Waals surface area (Å²) in [5.74, 6) is 0.712. The minimum atomic E-state index is -2.71. The van der Waals surface area contributed by atoms with E-state index in [9.17, 15) is 8.42 Å². The topological polar surface area (TPSA) is 60.2 Å². The van der Waals surface area contributed by atoms with Crippen LogP contribution < -0.4 is 5.73 Å². The third-order valence-electron chi connectivity index (χ3n) is 1.95. The fraction of sp³-hybridized carbons (Fsp3) is 1.00. The summed E-state index contributed by atoms with van der Waals surface area (Å²) in [7, 11) is -2.71. The molecule has 0 aliphatic carbocycles. The smallest absolute Gasteiger partial charge is 0.151 e. The molecule has 0 bridgehead atoms. The van der Waals surface area contributed by atoms with Gasteiger partial charge >= 0.3 is 0 Å². The van der Waals surface area contributed by atoms with Gasteiger partial charge in [0.25, 0.3) is 0 Å². The van der Waals surface area contributed by atoms with Gasteiger partial charge in [-0.3, -0.25) is 0 Å². The highest BCUT2D eigenvalue weighted by Crippen LogP contribution is 2.27. The quantitative estimate of drug-likeness (QED) is 0.724. The van der Waals surface area contributed by atoms with Crippen LogP contribution in [0, 0.1) is 0 Å². The van der Waals surface area contributed by atoms with E-state index in [4.69, 9.17) is 5.73 Å². The number of nitrogens with two attached hydrogens (primary N) is 1. The zero-order chi connectivity index (χ0) is 9.19. The van der Waals surface area contributed by atoms with E-state index in [1.54, 1.807) is 11.8 Å². The molecule has 12 heavy (non-hydrogen) atoms. The molecule has 1 rings (SSSR count). The summed E-state index contributed by atoms with van der Waals surface area (Å²) >= 11 is 1.71. The number of hydrogen-bond acceptors (Lipinski definition) is 4. The third kappa shape index (κ3) is 2.95. The monoisotopic (exact) mass is 209 g/mol. The zero-order valence-electron chi connectivity index (χ0n) is 7.19. The van der Waals surface area contributed by atoms with E-state index >= 15 is 0 Å². The van der Waals surface area contributed by atoms with Crippen molar-refractivity contribution in [1.29, 1.82) is 0 Å². The second-order valence-corrected chi connectivity index (χ2v) is 7.18. The van der Waals surface area contributed by atoms with Crippen molar-refractivity contribution in [3.05, 3.63) is 0 Å². The predicted octanol–water partition coefficient (Wildman–Crippen LogP) is 0.254. The van der Waals surface area contributed by atoms with Crippen molar-refractivity contribution in [2.45, 2.75) is 23.8 Å². The highest BCUT2D eigenvalue weighted by molar-refractivity contribution is 8.02. The SMILES string of the molecule is CC(CN)SC1CCS(=O)(=O)C1. The van der Waals surface area contributed by atoms with E-state index in [-0.39, 0.29) is 5.25 Å². The van der Waals surface area contributed by atoms with Crippen LogP contribution in [0.4, 0.5) is 0 Å². The maximum atomic E-state index is 11.1. The molecule has 1 saturated heterocycles. The molecule has 1 heterocycles. The van der Waals surface area contributed by atoms with E-state index in [0.717, 1.165) is 6.42 Å². The number of sulfone groups is 1. The molecule has 0 aromatic rings. The molecule has 0 amide bonds. The van der Waals surface area contributed by atoms with Crippen LogP contribution in [0.3, 0.4) is 0 Å². The Morgan fingerprint density at radius 1 is 1.67 bits per heavy atom. The lowest BCUT2D eigenvalue weighted by atomic mass is 10.4. The molecule has 5 heteroatoms. The van der Waals surface area contributed by atoms with Crippen molar-refractivity contribution in [2.75, 3.05) is 18.1 Å². The molecule has 0 saturated carbocycles. The van der Waals surface area contributed by atoms with E-state index in [0.29, 0.717) is 23.3 Å². The molecular weight excluding hydrogens is 194 g/mol. The maximum absolute atomic E-state index is 11.1. The van der Waals surface area contributed by atoms with Gasteiger partial charge < -0.3 is 5.73 Å². The first-order valence-corrected chi connectivity index (χ1v) is 6.86. The van der Waals surface area contributed by atoms with Gasteiger partial charge in [-0.1, -0.05) is 6.92 Å². The van der Waals surface area contributed by atoms with Crippen molar-refractivity contribution in [1.82, 2.24) is 0 Å². The van der Waals surface area contributed by atoms with Gasteiger partial charge in [-0.05, 0) is 6.42 Å². The van der Waals surface area contributed by atoms with Crippen LogP contribution >= 0.6 is 11.8 Å². The zero-order valence-corrected chi connectivity index (χ0v) is 8.83. The van der Waals surface area contributed by atoms with Crippen LogP contribution in [0.25, 0.3) is 0 Å². The Balaban J connectivity index is 2.38. The lowest BCUT2D eigenvalue weighted by molar-refractivity contribution is 0.602. The standard InChI is InChI=1S/C7H15NO2S2/c1-6(4-8)11-7-2-3-12(9,10)5-7/h6-7H,2-5,8H2,1H3. The van der Waals surface area contributed by atoms with Crippen LogP contribution in [0.2, 0.25) is 0 Å². The molecule has 0 radical (unpaired) electrons. The molecule has 1 fully saturated rings. The van der Waals surface area contributed by atoms with Crippen molar-refractivity contribution in [3.8, 4) is 0 Å². The summed E-state index contributed by atoms with van der Waals surface area (Å²) in [6.45, 7) is 2.66. The van der Waals surface area contributed by atoms with Gasteiger partial charge in [0.1, 0.15) is 0 Å². The van der Waals surface area contributed by atoms with Gasteiger partial charge in [-0.2, -0.15) is 11.8 Å². The first-order valence-electron chi connectivity index (χ1n) is 4.09. The average Bonchev–Trinajstić information content (AvgIpc) is 2.30. The molecule has 2 atom stereocenters. The van der Waals surface area contributed by atoms with Crippen LogP contribution in [0.1, 0.15) is 13.3 Å². The molecule has 72 valence electrons. The number of thioether (sulfide) groups is 1. The Morgan fingerprint density at radius 2 is 2.33 bits per heavy atom. The average molecular weight is 209 g/mol. The summed E-state index contributed by atoms with van der Waals surface area (Å²) in [5, 5.41) is 0.664. The van der Waals surface area contributed by atoms with Crippen LogP contribution in [-0.4, -0.2) is 37.0 Å². The maximum Gasteiger partial charge on any atom is 0.151 e. The van der Waals surface area contributed by atoms with E-state index < -0.39 is 9.84 Å². The molecule has 1 aliphatic heterocycles. The number of rotatable bonds is 3. The lowest BCUT2D eigenvalue weighted by Gasteiger charge is -2.12. The molecule has 0 aromatic carbocycles. The van der Waals surface area contributed by atoms with E-state index in [1.807, 2.05) is 6.92 Å². The largest absolute Gasteiger partial charge is 0.329 e. The van der Waals surface area contributed by atoms with E-state index in [1.165, 1.54) is 0 Å². The van der Waals surface area contributed by atoms with Crippen LogP contribution in [-0.2, 0) is 9.84 Å². The van der Waals surface area contributed by atoms with Crippen molar-refractivity contribution in [3.63, 3.8) is 0 Å². The minimum Gasteiger partial charge on any atom is -0.329 e. The third-order valence-corrected chi connectivity index (χ3v) is 5.37. The Kier molecular flexibility index (Phi) is 3.43.